The third kappa shape index (κ3) is 5.07. The number of hydrogen-bond donors (Lipinski definition) is 0. The highest BCUT2D eigenvalue weighted by atomic mass is 32.2. The molecule has 0 saturated carbocycles. The molecule has 2 amide bonds. The highest BCUT2D eigenvalue weighted by Crippen LogP contribution is 2.20. The van der Waals surface area contributed by atoms with Gasteiger partial charge in [0, 0.05) is 58.4 Å². The summed E-state index contributed by atoms with van der Waals surface area (Å²) in [6.45, 7) is 4.70. The van der Waals surface area contributed by atoms with Crippen LogP contribution >= 0.6 is 0 Å². The number of halogens is 1. The van der Waals surface area contributed by atoms with Crippen LogP contribution in [0.4, 0.5) is 4.39 Å². The fraction of sp³-hybridized carbons (Fsp3) is 0.476. The molecular formula is C21H26FN5O5S. The maximum Gasteiger partial charge on any atom is 0.292 e. The Labute approximate surface area is 191 Å². The van der Waals surface area contributed by atoms with E-state index in [0.717, 1.165) is 6.07 Å². The van der Waals surface area contributed by atoms with E-state index in [0.29, 0.717) is 31.9 Å². The normalized spacial score (nSPS) is 18.5. The van der Waals surface area contributed by atoms with Gasteiger partial charge in [0.25, 0.3) is 5.91 Å². The largest absolute Gasteiger partial charge is 0.351 e. The molecule has 0 atom stereocenters. The number of rotatable bonds is 5. The second kappa shape index (κ2) is 9.57. The summed E-state index contributed by atoms with van der Waals surface area (Å²) in [5.74, 6) is -0.885. The van der Waals surface area contributed by atoms with Crippen LogP contribution in [0.5, 0.6) is 0 Å². The van der Waals surface area contributed by atoms with Crippen LogP contribution in [0, 0.1) is 12.7 Å². The molecule has 178 valence electrons. The Morgan fingerprint density at radius 3 is 2.24 bits per heavy atom. The summed E-state index contributed by atoms with van der Waals surface area (Å²) in [5, 5.41) is 3.74. The van der Waals surface area contributed by atoms with Crippen LogP contribution in [-0.4, -0.2) is 103 Å². The fourth-order valence-electron chi connectivity index (χ4n) is 3.99. The average molecular weight is 480 g/mol. The van der Waals surface area contributed by atoms with Crippen molar-refractivity contribution >= 4 is 21.8 Å². The average Bonchev–Trinajstić information content (AvgIpc) is 3.25. The molecule has 1 aromatic heterocycles. The van der Waals surface area contributed by atoms with Crippen LogP contribution in [0.3, 0.4) is 0 Å². The Bertz CT molecular complexity index is 1120. The second-order valence-corrected chi connectivity index (χ2v) is 10.0. The van der Waals surface area contributed by atoms with Crippen molar-refractivity contribution in [3.63, 3.8) is 0 Å². The molecule has 2 saturated heterocycles. The van der Waals surface area contributed by atoms with Crippen molar-refractivity contribution in [2.24, 2.45) is 0 Å². The smallest absolute Gasteiger partial charge is 0.292 e. The number of benzene rings is 1. The van der Waals surface area contributed by atoms with E-state index in [-0.39, 0.29) is 55.2 Å². The molecule has 0 spiro atoms. The van der Waals surface area contributed by atoms with Gasteiger partial charge in [0.15, 0.2) is 0 Å². The van der Waals surface area contributed by atoms with Gasteiger partial charge in [-0.2, -0.15) is 4.31 Å². The van der Waals surface area contributed by atoms with Gasteiger partial charge in [-0.15, -0.1) is 0 Å². The van der Waals surface area contributed by atoms with Crippen LogP contribution in [0.1, 0.15) is 16.2 Å². The summed E-state index contributed by atoms with van der Waals surface area (Å²) in [4.78, 5) is 30.1. The number of hydrogen-bond acceptors (Lipinski definition) is 7. The van der Waals surface area contributed by atoms with E-state index in [1.54, 1.807) is 22.8 Å². The predicted molar refractivity (Wildman–Crippen MR) is 115 cm³/mol. The second-order valence-electron chi connectivity index (χ2n) is 8.12. The molecule has 2 aromatic rings. The van der Waals surface area contributed by atoms with E-state index in [4.69, 9.17) is 4.52 Å². The van der Waals surface area contributed by atoms with Gasteiger partial charge in [-0.1, -0.05) is 17.3 Å². The van der Waals surface area contributed by atoms with Crippen LogP contribution in [0.15, 0.2) is 39.8 Å². The lowest BCUT2D eigenvalue weighted by Crippen LogP contribution is -2.55. The first-order valence-corrected chi connectivity index (χ1v) is 12.2. The monoisotopic (exact) mass is 479 g/mol. The lowest BCUT2D eigenvalue weighted by molar-refractivity contribution is -0.133. The number of nitrogens with zero attached hydrogens (tertiary/aromatic N) is 5. The molecule has 2 aliphatic heterocycles. The van der Waals surface area contributed by atoms with Gasteiger partial charge in [0.05, 0.1) is 12.2 Å². The summed E-state index contributed by atoms with van der Waals surface area (Å²) >= 11 is 0. The lowest BCUT2D eigenvalue weighted by atomic mass is 10.2. The van der Waals surface area contributed by atoms with E-state index in [9.17, 15) is 22.4 Å². The van der Waals surface area contributed by atoms with Gasteiger partial charge in [-0.05, 0) is 19.1 Å². The molecule has 10 nitrogen and oxygen atoms in total. The third-order valence-corrected chi connectivity index (χ3v) is 7.83. The number of amides is 2. The van der Waals surface area contributed by atoms with Gasteiger partial charge >= 0.3 is 0 Å². The van der Waals surface area contributed by atoms with Crippen molar-refractivity contribution in [2.75, 3.05) is 58.9 Å². The molecule has 33 heavy (non-hydrogen) atoms. The quantitative estimate of drug-likeness (QED) is 0.612. The molecule has 12 heteroatoms. The molecule has 0 unspecified atom stereocenters. The SMILES string of the molecule is Cc1cc(C(=O)N2CCN(CC(=O)N3CCN(S(=O)(=O)c4ccccc4F)CC3)CC2)on1. The third-order valence-electron chi connectivity index (χ3n) is 5.90. The molecule has 4 rings (SSSR count). The number of carbonyl (C=O) groups excluding carboxylic acids is 2. The maximum absolute atomic E-state index is 14.0. The molecule has 2 aliphatic rings. The van der Waals surface area contributed by atoms with E-state index < -0.39 is 15.8 Å². The Balaban J connectivity index is 1.25. The molecule has 0 radical (unpaired) electrons. The van der Waals surface area contributed by atoms with Crippen LogP contribution in [0.25, 0.3) is 0 Å². The van der Waals surface area contributed by atoms with E-state index in [1.807, 2.05) is 4.90 Å². The van der Waals surface area contributed by atoms with Crippen molar-refractivity contribution in [3.8, 4) is 0 Å². The van der Waals surface area contributed by atoms with Gasteiger partial charge in [0.2, 0.25) is 21.7 Å². The Morgan fingerprint density at radius 2 is 1.64 bits per heavy atom. The van der Waals surface area contributed by atoms with E-state index in [1.165, 1.54) is 22.5 Å². The van der Waals surface area contributed by atoms with Crippen molar-refractivity contribution in [1.29, 1.82) is 0 Å². The Hall–Kier alpha value is -2.83. The van der Waals surface area contributed by atoms with Gasteiger partial charge in [-0.25, -0.2) is 12.8 Å². The minimum Gasteiger partial charge on any atom is -0.351 e. The first kappa shape index (κ1) is 23.3. The summed E-state index contributed by atoms with van der Waals surface area (Å²) < 4.78 is 45.7. The maximum atomic E-state index is 14.0. The van der Waals surface area contributed by atoms with Crippen LogP contribution < -0.4 is 0 Å². The topological polar surface area (TPSA) is 107 Å². The highest BCUT2D eigenvalue weighted by molar-refractivity contribution is 7.89. The van der Waals surface area contributed by atoms with Gasteiger partial charge in [-0.3, -0.25) is 14.5 Å². The Kier molecular flexibility index (Phi) is 6.77. The number of piperazine rings is 2. The zero-order valence-corrected chi connectivity index (χ0v) is 19.1. The van der Waals surface area contributed by atoms with Crippen LogP contribution in [-0.2, 0) is 14.8 Å². The Morgan fingerprint density at radius 1 is 1.00 bits per heavy atom. The zero-order valence-electron chi connectivity index (χ0n) is 18.3. The summed E-state index contributed by atoms with van der Waals surface area (Å²) in [5.41, 5.74) is 0.643. The molecule has 2 fully saturated rings. The summed E-state index contributed by atoms with van der Waals surface area (Å²) in [6, 6.07) is 6.89. The van der Waals surface area contributed by atoms with Crippen molar-refractivity contribution in [2.45, 2.75) is 11.8 Å². The summed E-state index contributed by atoms with van der Waals surface area (Å²) in [6.07, 6.45) is 0. The zero-order chi connectivity index (χ0) is 23.6. The number of aromatic nitrogens is 1. The fourth-order valence-corrected chi connectivity index (χ4v) is 5.48. The molecule has 0 N–H and O–H groups in total. The van der Waals surface area contributed by atoms with E-state index in [2.05, 4.69) is 5.16 Å². The molecule has 0 bridgehead atoms. The number of aryl methyl sites for hydroxylation is 1. The van der Waals surface area contributed by atoms with Gasteiger partial charge < -0.3 is 14.3 Å². The molecule has 0 aliphatic carbocycles. The summed E-state index contributed by atoms with van der Waals surface area (Å²) in [7, 11) is -3.94. The molecule has 1 aromatic carbocycles. The minimum absolute atomic E-state index is 0.0939. The standard InChI is InChI=1S/C21H26FN5O5S/c1-16-14-18(32-23-16)21(29)26-8-6-24(7-9-26)15-20(28)25-10-12-27(13-11-25)33(30,31)19-5-3-2-4-17(19)22/h2-5,14H,6-13,15H2,1H3. The van der Waals surface area contributed by atoms with Crippen molar-refractivity contribution in [3.05, 3.63) is 47.6 Å². The van der Waals surface area contributed by atoms with Gasteiger partial charge in [0.1, 0.15) is 10.7 Å². The molecular weight excluding hydrogens is 453 g/mol. The number of sulfonamides is 1. The first-order chi connectivity index (χ1) is 15.8. The highest BCUT2D eigenvalue weighted by Gasteiger charge is 2.32. The van der Waals surface area contributed by atoms with Crippen LogP contribution in [0.2, 0.25) is 0 Å². The van der Waals surface area contributed by atoms with E-state index >= 15 is 0 Å². The molecule has 3 heterocycles. The number of carbonyl (C=O) groups is 2. The van der Waals surface area contributed by atoms with Crippen molar-refractivity contribution < 1.29 is 26.9 Å². The first-order valence-electron chi connectivity index (χ1n) is 10.7. The predicted octanol–water partition coefficient (Wildman–Crippen LogP) is 0.413. The van der Waals surface area contributed by atoms with Crippen molar-refractivity contribution in [1.82, 2.24) is 24.2 Å². The minimum atomic E-state index is -3.94. The lowest BCUT2D eigenvalue weighted by Gasteiger charge is -2.37.